The third-order valence-electron chi connectivity index (χ3n) is 4.47. The lowest BCUT2D eigenvalue weighted by Crippen LogP contribution is -2.31. The van der Waals surface area contributed by atoms with Crippen molar-refractivity contribution in [3.05, 3.63) is 85.7 Å². The van der Waals surface area contributed by atoms with Gasteiger partial charge in [0.05, 0.1) is 16.3 Å². The fourth-order valence-electron chi connectivity index (χ4n) is 2.91. The van der Waals surface area contributed by atoms with E-state index in [0.29, 0.717) is 11.3 Å². The number of hydrazine groups is 1. The molecular weight excluding hydrogens is 418 g/mol. The van der Waals surface area contributed by atoms with Crippen LogP contribution in [0.4, 0.5) is 28.7 Å². The number of benzene rings is 2. The molecule has 3 aromatic rings. The quantitative estimate of drug-likeness (QED) is 0.354. The summed E-state index contributed by atoms with van der Waals surface area (Å²) in [4.78, 5) is 41.2. The molecule has 0 bridgehead atoms. The van der Waals surface area contributed by atoms with E-state index in [9.17, 15) is 25.0 Å². The van der Waals surface area contributed by atoms with Crippen molar-refractivity contribution in [2.24, 2.45) is 0 Å². The van der Waals surface area contributed by atoms with Crippen molar-refractivity contribution in [2.45, 2.75) is 20.3 Å². The molecule has 12 heteroatoms. The molecule has 0 fully saturated rings. The first-order valence-corrected chi connectivity index (χ1v) is 9.36. The Morgan fingerprint density at radius 2 is 1.66 bits per heavy atom. The fraction of sp³-hybridized carbons (Fsp3) is 0.150. The molecule has 0 aliphatic rings. The van der Waals surface area contributed by atoms with E-state index in [0.717, 1.165) is 17.5 Å². The van der Waals surface area contributed by atoms with Crippen LogP contribution in [0.15, 0.2) is 48.8 Å². The number of nitro benzene ring substituents is 1. The number of hydrogen-bond donors (Lipinski definition) is 3. The molecule has 12 nitrogen and oxygen atoms in total. The average Bonchev–Trinajstić information content (AvgIpc) is 2.74. The zero-order valence-corrected chi connectivity index (χ0v) is 17.2. The Morgan fingerprint density at radius 3 is 2.28 bits per heavy atom. The third-order valence-corrected chi connectivity index (χ3v) is 4.47. The zero-order valence-electron chi connectivity index (χ0n) is 17.2. The Labute approximate surface area is 182 Å². The summed E-state index contributed by atoms with van der Waals surface area (Å²) in [7, 11) is 0. The van der Waals surface area contributed by atoms with Crippen LogP contribution in [0.3, 0.4) is 0 Å². The number of aryl methyl sites for hydroxylation is 2. The van der Waals surface area contributed by atoms with Crippen LogP contribution in [-0.4, -0.2) is 25.7 Å². The predicted molar refractivity (Wildman–Crippen MR) is 116 cm³/mol. The molecule has 1 aromatic heterocycles. The average molecular weight is 437 g/mol. The van der Waals surface area contributed by atoms with Gasteiger partial charge in [-0.05, 0) is 31.0 Å². The summed E-state index contributed by atoms with van der Waals surface area (Å²) in [6.07, 6.45) is 1.03. The minimum absolute atomic E-state index is 0.0379. The molecule has 0 unspecified atom stereocenters. The van der Waals surface area contributed by atoms with Crippen molar-refractivity contribution in [3.63, 3.8) is 0 Å². The van der Waals surface area contributed by atoms with Crippen molar-refractivity contribution in [1.82, 2.24) is 15.4 Å². The number of nitrogens with zero attached hydrogens (tertiary/aromatic N) is 4. The van der Waals surface area contributed by atoms with E-state index in [1.165, 1.54) is 24.3 Å². The first kappa shape index (κ1) is 22.1. The topological polar surface area (TPSA) is 165 Å². The molecule has 164 valence electrons. The van der Waals surface area contributed by atoms with Gasteiger partial charge in [0.15, 0.2) is 0 Å². The maximum Gasteiger partial charge on any atom is 0.355 e. The molecule has 0 aliphatic heterocycles. The van der Waals surface area contributed by atoms with Gasteiger partial charge in [-0.1, -0.05) is 29.8 Å². The number of nitro groups is 2. The standard InChI is InChI=1S/C20H19N7O5/c1-12-3-8-16(13(2)9-12)23-19-18(27(31)32)20(22-11-21-19)25-24-17(28)10-14-4-6-15(7-5-14)26(29)30/h3-9,11H,10H2,1-2H3,(H,24,28)(H2,21,22,23,25). The predicted octanol–water partition coefficient (Wildman–Crippen LogP) is 3.34. The Balaban J connectivity index is 1.73. The number of hydrogen-bond acceptors (Lipinski definition) is 9. The summed E-state index contributed by atoms with van der Waals surface area (Å²) < 4.78 is 0. The lowest BCUT2D eigenvalue weighted by Gasteiger charge is -2.12. The van der Waals surface area contributed by atoms with Crippen molar-refractivity contribution in [2.75, 3.05) is 10.7 Å². The van der Waals surface area contributed by atoms with E-state index < -0.39 is 21.4 Å². The third kappa shape index (κ3) is 5.30. The van der Waals surface area contributed by atoms with E-state index in [-0.39, 0.29) is 23.7 Å². The molecule has 0 saturated carbocycles. The molecule has 2 aromatic carbocycles. The summed E-state index contributed by atoms with van der Waals surface area (Å²) in [5.74, 6) is -0.756. The van der Waals surface area contributed by atoms with Gasteiger partial charge in [-0.25, -0.2) is 9.97 Å². The van der Waals surface area contributed by atoms with Gasteiger partial charge in [0, 0.05) is 17.8 Å². The molecule has 3 rings (SSSR count). The van der Waals surface area contributed by atoms with E-state index in [1.54, 1.807) is 6.07 Å². The minimum Gasteiger partial charge on any atom is -0.334 e. The first-order valence-electron chi connectivity index (χ1n) is 9.36. The van der Waals surface area contributed by atoms with Crippen molar-refractivity contribution in [1.29, 1.82) is 0 Å². The number of amides is 1. The number of carbonyl (C=O) groups is 1. The van der Waals surface area contributed by atoms with Gasteiger partial charge < -0.3 is 5.32 Å². The fourth-order valence-corrected chi connectivity index (χ4v) is 2.91. The molecule has 1 amide bonds. The smallest absolute Gasteiger partial charge is 0.334 e. The Hall–Kier alpha value is -4.61. The second-order valence-electron chi connectivity index (χ2n) is 6.89. The van der Waals surface area contributed by atoms with Gasteiger partial charge in [0.2, 0.25) is 17.5 Å². The Bertz CT molecular complexity index is 1180. The second-order valence-corrected chi connectivity index (χ2v) is 6.89. The normalized spacial score (nSPS) is 10.3. The maximum absolute atomic E-state index is 12.2. The second kappa shape index (κ2) is 9.47. The number of rotatable bonds is 8. The molecule has 0 atom stereocenters. The largest absolute Gasteiger partial charge is 0.355 e. The Kier molecular flexibility index (Phi) is 6.53. The van der Waals surface area contributed by atoms with Crippen LogP contribution < -0.4 is 16.2 Å². The molecule has 32 heavy (non-hydrogen) atoms. The van der Waals surface area contributed by atoms with E-state index in [2.05, 4.69) is 26.1 Å². The van der Waals surface area contributed by atoms with E-state index in [1.807, 2.05) is 26.0 Å². The highest BCUT2D eigenvalue weighted by atomic mass is 16.6. The van der Waals surface area contributed by atoms with E-state index in [4.69, 9.17) is 0 Å². The van der Waals surface area contributed by atoms with Gasteiger partial charge in [-0.2, -0.15) is 0 Å². The highest BCUT2D eigenvalue weighted by Crippen LogP contribution is 2.31. The highest BCUT2D eigenvalue weighted by Gasteiger charge is 2.24. The summed E-state index contributed by atoms with van der Waals surface area (Å²) in [5.41, 5.74) is 7.37. The number of nitrogens with one attached hydrogen (secondary N) is 3. The van der Waals surface area contributed by atoms with Gasteiger partial charge >= 0.3 is 5.69 Å². The number of carbonyl (C=O) groups excluding carboxylic acids is 1. The van der Waals surface area contributed by atoms with Gasteiger partial charge in [0.1, 0.15) is 6.33 Å². The van der Waals surface area contributed by atoms with Crippen LogP contribution in [0.5, 0.6) is 0 Å². The lowest BCUT2D eigenvalue weighted by atomic mass is 10.1. The monoisotopic (exact) mass is 437 g/mol. The van der Waals surface area contributed by atoms with Crippen LogP contribution in [0.2, 0.25) is 0 Å². The molecule has 0 spiro atoms. The van der Waals surface area contributed by atoms with Gasteiger partial charge in [-0.3, -0.25) is 35.9 Å². The summed E-state index contributed by atoms with van der Waals surface area (Å²) in [5, 5.41) is 25.3. The van der Waals surface area contributed by atoms with Crippen molar-refractivity contribution < 1.29 is 14.6 Å². The number of non-ortho nitro benzene ring substituents is 1. The molecule has 3 N–H and O–H groups in total. The Morgan fingerprint density at radius 1 is 0.969 bits per heavy atom. The van der Waals surface area contributed by atoms with Crippen LogP contribution in [-0.2, 0) is 11.2 Å². The number of anilines is 3. The van der Waals surface area contributed by atoms with Crippen molar-refractivity contribution in [3.8, 4) is 0 Å². The van der Waals surface area contributed by atoms with Crippen molar-refractivity contribution >= 4 is 34.6 Å². The molecule has 1 heterocycles. The summed E-state index contributed by atoms with van der Waals surface area (Å²) in [6, 6.07) is 11.1. The zero-order chi connectivity index (χ0) is 23.3. The van der Waals surface area contributed by atoms with Gasteiger partial charge in [-0.15, -0.1) is 0 Å². The van der Waals surface area contributed by atoms with Crippen LogP contribution in [0.25, 0.3) is 0 Å². The first-order chi connectivity index (χ1) is 15.2. The molecule has 0 saturated heterocycles. The number of aromatic nitrogens is 2. The summed E-state index contributed by atoms with van der Waals surface area (Å²) >= 11 is 0. The van der Waals surface area contributed by atoms with Crippen LogP contribution in [0, 0.1) is 34.1 Å². The van der Waals surface area contributed by atoms with Crippen LogP contribution in [0.1, 0.15) is 16.7 Å². The highest BCUT2D eigenvalue weighted by molar-refractivity contribution is 5.81. The lowest BCUT2D eigenvalue weighted by molar-refractivity contribution is -0.384. The molecule has 0 radical (unpaired) electrons. The van der Waals surface area contributed by atoms with Crippen LogP contribution >= 0.6 is 0 Å². The SMILES string of the molecule is Cc1ccc(Nc2ncnc(NNC(=O)Cc3ccc([N+](=O)[O-])cc3)c2[N+](=O)[O-])c(C)c1. The summed E-state index contributed by atoms with van der Waals surface area (Å²) in [6.45, 7) is 3.80. The van der Waals surface area contributed by atoms with Gasteiger partial charge in [0.25, 0.3) is 5.69 Å². The maximum atomic E-state index is 12.2. The molecular formula is C20H19N7O5. The molecule has 0 aliphatic carbocycles. The van der Waals surface area contributed by atoms with E-state index >= 15 is 0 Å². The minimum atomic E-state index is -0.656.